The summed E-state index contributed by atoms with van der Waals surface area (Å²) in [6.45, 7) is 0.947. The number of hydrogen-bond donors (Lipinski definition) is 2. The topological polar surface area (TPSA) is 87.6 Å². The van der Waals surface area contributed by atoms with Crippen molar-refractivity contribution in [2.75, 3.05) is 18.4 Å². The Morgan fingerprint density at radius 1 is 1.11 bits per heavy atom. The number of hydrogen-bond acceptors (Lipinski definition) is 6. The summed E-state index contributed by atoms with van der Waals surface area (Å²) in [4.78, 5) is 22.4. The number of aromatic nitrogens is 2. The second kappa shape index (κ2) is 11.9. The minimum Gasteiger partial charge on any atom is -0.481 e. The van der Waals surface area contributed by atoms with Crippen molar-refractivity contribution in [2.45, 2.75) is 45.3 Å². The van der Waals surface area contributed by atoms with Crippen LogP contribution in [-0.2, 0) is 11.2 Å². The van der Waals surface area contributed by atoms with Crippen molar-refractivity contribution in [1.29, 1.82) is 0 Å². The number of carbonyl (C=O) groups is 1. The van der Waals surface area contributed by atoms with E-state index in [4.69, 9.17) is 0 Å². The molecule has 4 rings (SSSR count). The number of nitrogens with zero attached hydrogens (tertiary/aromatic N) is 3. The van der Waals surface area contributed by atoms with Crippen LogP contribution >= 0.6 is 0 Å². The number of alkyl halides is 2. The average molecular weight is 497 g/mol. The van der Waals surface area contributed by atoms with E-state index in [2.05, 4.69) is 44.0 Å². The maximum atomic E-state index is 12.3. The molecule has 1 saturated heterocycles. The molecule has 9 heteroatoms. The van der Waals surface area contributed by atoms with Crippen molar-refractivity contribution < 1.29 is 23.4 Å². The SMILES string of the molecule is CCC(Cc1cccc(Nc2ncc(-c3ccc(OC(F)F)cc3)cn2)c1)N1CCC(C(=O)O)CC1. The van der Waals surface area contributed by atoms with Crippen LogP contribution in [0.2, 0.25) is 0 Å². The molecule has 1 atom stereocenters. The molecule has 1 aromatic heterocycles. The van der Waals surface area contributed by atoms with Gasteiger partial charge in [0, 0.05) is 29.7 Å². The molecule has 3 aromatic rings. The predicted molar refractivity (Wildman–Crippen MR) is 134 cm³/mol. The third kappa shape index (κ3) is 6.75. The smallest absolute Gasteiger partial charge is 0.387 e. The molecule has 7 nitrogen and oxygen atoms in total. The molecule has 0 spiro atoms. The highest BCUT2D eigenvalue weighted by atomic mass is 19.3. The zero-order chi connectivity index (χ0) is 25.5. The summed E-state index contributed by atoms with van der Waals surface area (Å²) in [6.07, 6.45) is 6.64. The van der Waals surface area contributed by atoms with Gasteiger partial charge in [-0.05, 0) is 74.2 Å². The van der Waals surface area contributed by atoms with Crippen LogP contribution in [-0.4, -0.2) is 51.7 Å². The van der Waals surface area contributed by atoms with Crippen LogP contribution in [0.25, 0.3) is 11.1 Å². The van der Waals surface area contributed by atoms with Gasteiger partial charge < -0.3 is 20.1 Å². The fourth-order valence-electron chi connectivity index (χ4n) is 4.59. The number of ether oxygens (including phenoxy) is 1. The number of halogens is 2. The van der Waals surface area contributed by atoms with Gasteiger partial charge in [0.15, 0.2) is 0 Å². The van der Waals surface area contributed by atoms with Gasteiger partial charge in [-0.15, -0.1) is 0 Å². The number of rotatable bonds is 10. The number of carboxylic acids is 1. The van der Waals surface area contributed by atoms with E-state index in [1.807, 2.05) is 12.1 Å². The Labute approximate surface area is 209 Å². The maximum Gasteiger partial charge on any atom is 0.387 e. The van der Waals surface area contributed by atoms with Crippen LogP contribution in [0.1, 0.15) is 31.7 Å². The molecule has 2 heterocycles. The van der Waals surface area contributed by atoms with Crippen molar-refractivity contribution in [2.24, 2.45) is 5.92 Å². The number of aliphatic carboxylic acids is 1. The van der Waals surface area contributed by atoms with Gasteiger partial charge in [-0.1, -0.05) is 31.2 Å². The van der Waals surface area contributed by atoms with Gasteiger partial charge in [-0.3, -0.25) is 4.79 Å². The van der Waals surface area contributed by atoms with Crippen molar-refractivity contribution in [3.05, 3.63) is 66.5 Å². The van der Waals surface area contributed by atoms with E-state index in [-0.39, 0.29) is 11.7 Å². The largest absolute Gasteiger partial charge is 0.481 e. The molecule has 0 amide bonds. The van der Waals surface area contributed by atoms with E-state index in [0.29, 0.717) is 24.8 Å². The van der Waals surface area contributed by atoms with E-state index in [0.717, 1.165) is 42.7 Å². The quantitative estimate of drug-likeness (QED) is 0.377. The summed E-state index contributed by atoms with van der Waals surface area (Å²) in [6, 6.07) is 14.8. The molecule has 0 saturated carbocycles. The summed E-state index contributed by atoms with van der Waals surface area (Å²) in [7, 11) is 0. The molecule has 1 aliphatic heterocycles. The average Bonchev–Trinajstić information content (AvgIpc) is 2.88. The number of likely N-dealkylation sites (tertiary alicyclic amines) is 1. The molecule has 1 fully saturated rings. The lowest BCUT2D eigenvalue weighted by Crippen LogP contribution is -2.43. The first-order chi connectivity index (χ1) is 17.4. The minimum absolute atomic E-state index is 0.0999. The van der Waals surface area contributed by atoms with Gasteiger partial charge in [0.2, 0.25) is 5.95 Å². The second-order valence-corrected chi connectivity index (χ2v) is 8.94. The molecule has 0 radical (unpaired) electrons. The molecular weight excluding hydrogens is 466 g/mol. The number of anilines is 2. The first kappa shape index (κ1) is 25.5. The number of carboxylic acid groups (broad SMARTS) is 1. The number of piperidine rings is 1. The van der Waals surface area contributed by atoms with Gasteiger partial charge in [-0.2, -0.15) is 8.78 Å². The summed E-state index contributed by atoms with van der Waals surface area (Å²) in [5.41, 5.74) is 3.63. The van der Waals surface area contributed by atoms with Crippen LogP contribution in [0.3, 0.4) is 0 Å². The highest BCUT2D eigenvalue weighted by Crippen LogP contribution is 2.25. The van der Waals surface area contributed by atoms with Crippen molar-refractivity contribution >= 4 is 17.6 Å². The number of nitrogens with one attached hydrogen (secondary N) is 1. The molecule has 190 valence electrons. The first-order valence-electron chi connectivity index (χ1n) is 12.1. The Balaban J connectivity index is 1.36. The van der Waals surface area contributed by atoms with Crippen LogP contribution < -0.4 is 10.1 Å². The second-order valence-electron chi connectivity index (χ2n) is 8.94. The zero-order valence-corrected chi connectivity index (χ0v) is 20.1. The minimum atomic E-state index is -2.85. The third-order valence-electron chi connectivity index (χ3n) is 6.59. The van der Waals surface area contributed by atoms with Gasteiger partial charge in [0.1, 0.15) is 5.75 Å². The van der Waals surface area contributed by atoms with Crippen LogP contribution in [0.5, 0.6) is 5.75 Å². The van der Waals surface area contributed by atoms with Crippen molar-refractivity contribution in [3.8, 4) is 16.9 Å². The maximum absolute atomic E-state index is 12.3. The summed E-state index contributed by atoms with van der Waals surface area (Å²) >= 11 is 0. The van der Waals surface area contributed by atoms with Crippen LogP contribution in [0.4, 0.5) is 20.4 Å². The molecule has 2 N–H and O–H groups in total. The fourth-order valence-corrected chi connectivity index (χ4v) is 4.59. The molecule has 0 bridgehead atoms. The van der Waals surface area contributed by atoms with E-state index >= 15 is 0 Å². The first-order valence-corrected chi connectivity index (χ1v) is 12.1. The van der Waals surface area contributed by atoms with Gasteiger partial charge in [0.05, 0.1) is 5.92 Å². The van der Waals surface area contributed by atoms with E-state index in [9.17, 15) is 18.7 Å². The summed E-state index contributed by atoms with van der Waals surface area (Å²) in [5, 5.41) is 12.5. The normalized spacial score (nSPS) is 15.6. The van der Waals surface area contributed by atoms with Gasteiger partial charge >= 0.3 is 12.6 Å². The van der Waals surface area contributed by atoms with Crippen LogP contribution in [0, 0.1) is 5.92 Å². The Kier molecular flexibility index (Phi) is 8.43. The lowest BCUT2D eigenvalue weighted by molar-refractivity contribution is -0.143. The molecule has 36 heavy (non-hydrogen) atoms. The van der Waals surface area contributed by atoms with Gasteiger partial charge in [0.25, 0.3) is 0 Å². The Bertz CT molecular complexity index is 1130. The Morgan fingerprint density at radius 2 is 1.81 bits per heavy atom. The summed E-state index contributed by atoms with van der Waals surface area (Å²) in [5.74, 6) is -0.357. The number of benzene rings is 2. The standard InChI is InChI=1S/C27H30F2N4O3/c1-2-23(33-12-10-20(11-13-33)25(34)35)15-18-4-3-5-22(14-18)32-27-30-16-21(17-31-27)19-6-8-24(9-7-19)36-26(28)29/h3-9,14,16-17,20,23,26H,2,10-13,15H2,1H3,(H,34,35)(H,30,31,32). The van der Waals surface area contributed by atoms with Gasteiger partial charge in [-0.25, -0.2) is 9.97 Å². The van der Waals surface area contributed by atoms with E-state index < -0.39 is 12.6 Å². The van der Waals surface area contributed by atoms with Crippen molar-refractivity contribution in [1.82, 2.24) is 14.9 Å². The lowest BCUT2D eigenvalue weighted by atomic mass is 9.93. The molecule has 0 aliphatic carbocycles. The third-order valence-corrected chi connectivity index (χ3v) is 6.59. The molecule has 1 unspecified atom stereocenters. The van der Waals surface area contributed by atoms with E-state index in [1.54, 1.807) is 24.5 Å². The lowest BCUT2D eigenvalue weighted by Gasteiger charge is -2.36. The summed E-state index contributed by atoms with van der Waals surface area (Å²) < 4.78 is 29.0. The van der Waals surface area contributed by atoms with E-state index in [1.165, 1.54) is 17.7 Å². The Hall–Kier alpha value is -3.59. The molecular formula is C27H30F2N4O3. The van der Waals surface area contributed by atoms with Crippen LogP contribution in [0.15, 0.2) is 60.9 Å². The highest BCUT2D eigenvalue weighted by molar-refractivity contribution is 5.70. The Morgan fingerprint density at radius 3 is 2.42 bits per heavy atom. The zero-order valence-electron chi connectivity index (χ0n) is 20.1. The predicted octanol–water partition coefficient (Wildman–Crippen LogP) is 5.61. The molecule has 2 aromatic carbocycles. The monoisotopic (exact) mass is 496 g/mol. The molecule has 1 aliphatic rings. The van der Waals surface area contributed by atoms with Crippen molar-refractivity contribution in [3.63, 3.8) is 0 Å². The highest BCUT2D eigenvalue weighted by Gasteiger charge is 2.27. The fraction of sp³-hybridized carbons (Fsp3) is 0.370.